The van der Waals surface area contributed by atoms with Crippen molar-refractivity contribution in [3.8, 4) is 0 Å². The van der Waals surface area contributed by atoms with Crippen molar-refractivity contribution in [1.29, 1.82) is 0 Å². The minimum Gasteiger partial charge on any atom is -0.396 e. The maximum absolute atomic E-state index is 13.7. The number of para-hydroxylation sites is 1. The Morgan fingerprint density at radius 2 is 1.97 bits per heavy atom. The van der Waals surface area contributed by atoms with Crippen molar-refractivity contribution in [1.82, 2.24) is 10.2 Å². The van der Waals surface area contributed by atoms with Crippen LogP contribution in [0.3, 0.4) is 0 Å². The molecule has 0 saturated carbocycles. The number of nitrogens with zero attached hydrogens (tertiary/aromatic N) is 1. The van der Waals surface area contributed by atoms with Crippen LogP contribution in [0.25, 0.3) is 0 Å². The molecule has 8 nitrogen and oxygen atoms in total. The molecule has 3 saturated heterocycles. The van der Waals surface area contributed by atoms with Gasteiger partial charge in [-0.3, -0.25) is 14.4 Å². The first-order valence-electron chi connectivity index (χ1n) is 11.6. The molecule has 174 valence electrons. The van der Waals surface area contributed by atoms with Gasteiger partial charge < -0.3 is 25.4 Å². The minimum atomic E-state index is -1.01. The molecule has 3 heterocycles. The molecule has 0 radical (unpaired) electrons. The van der Waals surface area contributed by atoms with Crippen LogP contribution in [-0.4, -0.2) is 65.2 Å². The number of carbonyl (C=O) groups is 3. The third kappa shape index (κ3) is 3.49. The van der Waals surface area contributed by atoms with Gasteiger partial charge in [0.05, 0.1) is 17.9 Å². The summed E-state index contributed by atoms with van der Waals surface area (Å²) in [5.41, 5.74) is 1.60. The predicted molar refractivity (Wildman–Crippen MR) is 119 cm³/mol. The molecule has 8 heteroatoms. The number of benzene rings is 1. The van der Waals surface area contributed by atoms with Crippen molar-refractivity contribution < 1.29 is 24.2 Å². The Labute approximate surface area is 188 Å². The third-order valence-corrected chi connectivity index (χ3v) is 7.19. The number of ether oxygens (including phenoxy) is 1. The number of fused-ring (bicyclic) bond motifs is 1. The Bertz CT molecular complexity index is 899. The van der Waals surface area contributed by atoms with Crippen LogP contribution in [-0.2, 0) is 19.1 Å². The van der Waals surface area contributed by atoms with E-state index in [9.17, 15) is 19.5 Å². The molecule has 3 aliphatic rings. The molecule has 3 aliphatic heterocycles. The van der Waals surface area contributed by atoms with E-state index in [4.69, 9.17) is 4.74 Å². The molecule has 32 heavy (non-hydrogen) atoms. The van der Waals surface area contributed by atoms with E-state index in [1.54, 1.807) is 0 Å². The molecule has 3 amide bonds. The quantitative estimate of drug-likeness (QED) is 0.565. The molecule has 1 spiro atoms. The van der Waals surface area contributed by atoms with E-state index in [0.29, 0.717) is 25.8 Å². The largest absolute Gasteiger partial charge is 0.396 e. The number of aliphatic hydroxyl groups is 1. The predicted octanol–water partition coefficient (Wildman–Crippen LogP) is 1.53. The molecule has 1 aromatic carbocycles. The number of nitrogens with one attached hydrogen (secondary N) is 2. The zero-order valence-electron chi connectivity index (χ0n) is 19.0. The highest BCUT2D eigenvalue weighted by Gasteiger charge is 2.74. The second kappa shape index (κ2) is 8.83. The van der Waals surface area contributed by atoms with Crippen LogP contribution in [0.4, 0.5) is 5.69 Å². The van der Waals surface area contributed by atoms with E-state index >= 15 is 0 Å². The molecule has 2 bridgehead atoms. The molecule has 1 aromatic rings. The number of likely N-dealkylation sites (tertiary alicyclic amines) is 1. The average Bonchev–Trinajstić information content (AvgIpc) is 3.40. The van der Waals surface area contributed by atoms with Gasteiger partial charge in [-0.2, -0.15) is 0 Å². The highest BCUT2D eigenvalue weighted by atomic mass is 16.5. The lowest BCUT2D eigenvalue weighted by Gasteiger charge is -2.33. The van der Waals surface area contributed by atoms with Crippen molar-refractivity contribution in [2.24, 2.45) is 11.8 Å². The number of hydrogen-bond donors (Lipinski definition) is 3. The summed E-state index contributed by atoms with van der Waals surface area (Å²) in [6.45, 7) is 6.54. The van der Waals surface area contributed by atoms with Crippen LogP contribution in [0.5, 0.6) is 0 Å². The summed E-state index contributed by atoms with van der Waals surface area (Å²) in [7, 11) is 0. The van der Waals surface area contributed by atoms with E-state index in [1.165, 1.54) is 4.90 Å². The van der Waals surface area contributed by atoms with Gasteiger partial charge in [-0.15, -0.1) is 0 Å². The second-order valence-electron chi connectivity index (χ2n) is 9.21. The Morgan fingerprint density at radius 1 is 1.25 bits per heavy atom. The number of hydrogen-bond acceptors (Lipinski definition) is 5. The summed E-state index contributed by atoms with van der Waals surface area (Å²) >= 11 is 0. The van der Waals surface area contributed by atoms with Crippen molar-refractivity contribution >= 4 is 23.4 Å². The summed E-state index contributed by atoms with van der Waals surface area (Å²) in [6, 6.07) is 4.96. The van der Waals surface area contributed by atoms with Crippen LogP contribution in [0.2, 0.25) is 0 Å². The second-order valence-corrected chi connectivity index (χ2v) is 9.21. The molecule has 3 fully saturated rings. The van der Waals surface area contributed by atoms with Gasteiger partial charge in [0.25, 0.3) is 0 Å². The zero-order valence-corrected chi connectivity index (χ0v) is 19.0. The third-order valence-electron chi connectivity index (χ3n) is 7.19. The van der Waals surface area contributed by atoms with E-state index in [2.05, 4.69) is 10.6 Å². The first-order valence-corrected chi connectivity index (χ1v) is 11.6. The van der Waals surface area contributed by atoms with Crippen molar-refractivity contribution in [3.63, 3.8) is 0 Å². The fraction of sp³-hybridized carbons (Fsp3) is 0.625. The summed E-state index contributed by atoms with van der Waals surface area (Å²) in [4.78, 5) is 41.7. The lowest BCUT2D eigenvalue weighted by molar-refractivity contribution is -0.141. The number of rotatable bonds is 8. The topological polar surface area (TPSA) is 108 Å². The molecule has 3 N–H and O–H groups in total. The fourth-order valence-electron chi connectivity index (χ4n) is 5.80. The summed E-state index contributed by atoms with van der Waals surface area (Å²) < 4.78 is 6.36. The Kier molecular flexibility index (Phi) is 6.27. The first-order chi connectivity index (χ1) is 15.4. The Balaban J connectivity index is 1.68. The molecule has 0 aliphatic carbocycles. The van der Waals surface area contributed by atoms with E-state index in [0.717, 1.165) is 23.2 Å². The maximum Gasteiger partial charge on any atom is 0.250 e. The molecule has 4 rings (SSSR count). The SMILES string of the molecule is CCCNC(=O)[C@@H]1[C@@H]2CCC3(O2)C(C(=O)Nc2c(C)cccc2C)N(CCCO)C(=O)[C@H]13. The molecule has 5 atom stereocenters. The minimum absolute atomic E-state index is 0.0867. The lowest BCUT2D eigenvalue weighted by atomic mass is 9.70. The Morgan fingerprint density at radius 3 is 2.62 bits per heavy atom. The van der Waals surface area contributed by atoms with Gasteiger partial charge in [-0.1, -0.05) is 25.1 Å². The van der Waals surface area contributed by atoms with Gasteiger partial charge in [-0.05, 0) is 50.7 Å². The summed E-state index contributed by atoms with van der Waals surface area (Å²) in [5.74, 6) is -1.96. The normalized spacial score (nSPS) is 30.5. The van der Waals surface area contributed by atoms with Crippen LogP contribution >= 0.6 is 0 Å². The number of anilines is 1. The number of amides is 3. The number of carbonyl (C=O) groups excluding carboxylic acids is 3. The van der Waals surface area contributed by atoms with Gasteiger partial charge >= 0.3 is 0 Å². The van der Waals surface area contributed by atoms with Crippen molar-refractivity contribution in [3.05, 3.63) is 29.3 Å². The molecule has 0 aromatic heterocycles. The van der Waals surface area contributed by atoms with Gasteiger partial charge in [0.2, 0.25) is 17.7 Å². The zero-order chi connectivity index (χ0) is 23.0. The van der Waals surface area contributed by atoms with E-state index in [1.807, 2.05) is 39.0 Å². The van der Waals surface area contributed by atoms with Gasteiger partial charge in [0, 0.05) is 25.4 Å². The molecular formula is C24H33N3O5. The average molecular weight is 444 g/mol. The van der Waals surface area contributed by atoms with Gasteiger partial charge in [0.15, 0.2) is 0 Å². The summed E-state index contributed by atoms with van der Waals surface area (Å²) in [6.07, 6.45) is 2.02. The summed E-state index contributed by atoms with van der Waals surface area (Å²) in [5, 5.41) is 15.3. The maximum atomic E-state index is 13.7. The van der Waals surface area contributed by atoms with Crippen molar-refractivity contribution in [2.75, 3.05) is 25.0 Å². The standard InChI is InChI=1S/C24H33N3O5/c1-4-11-25-21(29)17-16-9-10-24(32-16)18(17)23(31)27(12-6-13-28)20(24)22(30)26-19-14(2)7-5-8-15(19)3/h5,7-8,16-18,20,28H,4,6,9-13H2,1-3H3,(H,25,29)(H,26,30)/t16-,17+,18-,20?,24?/m0/s1. The highest BCUT2D eigenvalue weighted by Crippen LogP contribution is 2.58. The van der Waals surface area contributed by atoms with Gasteiger partial charge in [0.1, 0.15) is 11.6 Å². The fourth-order valence-corrected chi connectivity index (χ4v) is 5.80. The van der Waals surface area contributed by atoms with Gasteiger partial charge in [-0.25, -0.2) is 0 Å². The first kappa shape index (κ1) is 22.7. The van der Waals surface area contributed by atoms with E-state index < -0.39 is 23.5 Å². The molecule has 2 unspecified atom stereocenters. The smallest absolute Gasteiger partial charge is 0.250 e. The number of aliphatic hydroxyl groups excluding tert-OH is 1. The van der Waals surface area contributed by atoms with Crippen LogP contribution in [0.15, 0.2) is 18.2 Å². The van der Waals surface area contributed by atoms with Crippen molar-refractivity contribution in [2.45, 2.75) is 64.2 Å². The lowest BCUT2D eigenvalue weighted by Crippen LogP contribution is -2.53. The van der Waals surface area contributed by atoms with Crippen LogP contribution < -0.4 is 10.6 Å². The number of aryl methyl sites for hydroxylation is 2. The van der Waals surface area contributed by atoms with Crippen LogP contribution in [0.1, 0.15) is 43.7 Å². The Hall–Kier alpha value is -2.45. The van der Waals surface area contributed by atoms with Crippen LogP contribution in [0, 0.1) is 25.7 Å². The van der Waals surface area contributed by atoms with E-state index in [-0.39, 0.29) is 37.0 Å². The molecular weight excluding hydrogens is 410 g/mol. The monoisotopic (exact) mass is 443 g/mol. The highest BCUT2D eigenvalue weighted by molar-refractivity contribution is 6.04.